The second kappa shape index (κ2) is 7.88. The van der Waals surface area contributed by atoms with Crippen molar-refractivity contribution in [1.29, 1.82) is 0 Å². The Morgan fingerprint density at radius 2 is 1.83 bits per heavy atom. The van der Waals surface area contributed by atoms with E-state index in [9.17, 15) is 4.79 Å². The quantitative estimate of drug-likeness (QED) is 0.535. The monoisotopic (exact) mass is 436 g/mol. The third-order valence-electron chi connectivity index (χ3n) is 3.53. The van der Waals surface area contributed by atoms with Gasteiger partial charge in [0, 0.05) is 8.95 Å². The summed E-state index contributed by atoms with van der Waals surface area (Å²) in [7, 11) is 0. The molecule has 0 fully saturated rings. The minimum Gasteiger partial charge on any atom is -0.273 e. The smallest absolute Gasteiger partial charge is 0.244 e. The molecule has 0 atom stereocenters. The number of halogens is 2. The zero-order valence-corrected chi connectivity index (χ0v) is 16.5. The maximum Gasteiger partial charge on any atom is 0.244 e. The number of benzene rings is 2. The first-order chi connectivity index (χ1) is 10.9. The first kappa shape index (κ1) is 17.9. The Labute approximate surface area is 153 Å². The van der Waals surface area contributed by atoms with Crippen LogP contribution in [0.1, 0.15) is 29.2 Å². The van der Waals surface area contributed by atoms with Crippen LogP contribution >= 0.6 is 31.9 Å². The van der Waals surface area contributed by atoms with Crippen LogP contribution < -0.4 is 5.43 Å². The van der Waals surface area contributed by atoms with E-state index in [2.05, 4.69) is 48.5 Å². The molecule has 0 unspecified atom stereocenters. The minimum atomic E-state index is -0.118. The zero-order valence-electron chi connectivity index (χ0n) is 13.3. The summed E-state index contributed by atoms with van der Waals surface area (Å²) in [5.74, 6) is -0.118. The molecule has 0 aliphatic heterocycles. The second-order valence-electron chi connectivity index (χ2n) is 5.47. The van der Waals surface area contributed by atoms with Crippen LogP contribution in [0.4, 0.5) is 0 Å². The van der Waals surface area contributed by atoms with Gasteiger partial charge >= 0.3 is 0 Å². The van der Waals surface area contributed by atoms with Crippen LogP contribution in [0, 0.1) is 13.8 Å². The highest BCUT2D eigenvalue weighted by atomic mass is 79.9. The molecule has 0 saturated carbocycles. The van der Waals surface area contributed by atoms with Gasteiger partial charge in [-0.2, -0.15) is 5.10 Å². The fraction of sp³-hybridized carbons (Fsp3) is 0.222. The maximum atomic E-state index is 12.1. The summed E-state index contributed by atoms with van der Waals surface area (Å²) in [6.45, 7) is 5.93. The zero-order chi connectivity index (χ0) is 17.0. The first-order valence-corrected chi connectivity index (χ1v) is 8.80. The van der Waals surface area contributed by atoms with E-state index in [4.69, 9.17) is 0 Å². The molecule has 5 heteroatoms. The average Bonchev–Trinajstić information content (AvgIpc) is 2.50. The van der Waals surface area contributed by atoms with Crippen LogP contribution in [0.5, 0.6) is 0 Å². The van der Waals surface area contributed by atoms with Crippen LogP contribution in [0.25, 0.3) is 0 Å². The van der Waals surface area contributed by atoms with Crippen molar-refractivity contribution in [2.75, 3.05) is 0 Å². The van der Waals surface area contributed by atoms with E-state index in [0.717, 1.165) is 31.3 Å². The molecule has 0 spiro atoms. The van der Waals surface area contributed by atoms with Crippen molar-refractivity contribution in [3.05, 3.63) is 67.6 Å². The molecule has 3 nitrogen and oxygen atoms in total. The Morgan fingerprint density at radius 1 is 1.09 bits per heavy atom. The molecule has 0 aliphatic carbocycles. The largest absolute Gasteiger partial charge is 0.273 e. The summed E-state index contributed by atoms with van der Waals surface area (Å²) in [6.07, 6.45) is 0.326. The highest BCUT2D eigenvalue weighted by Gasteiger charge is 2.07. The van der Waals surface area contributed by atoms with Crippen molar-refractivity contribution in [2.45, 2.75) is 27.2 Å². The molecule has 2 aromatic rings. The van der Waals surface area contributed by atoms with Crippen molar-refractivity contribution in [3.8, 4) is 0 Å². The summed E-state index contributed by atoms with van der Waals surface area (Å²) < 4.78 is 1.93. The number of nitrogens with zero attached hydrogens (tertiary/aromatic N) is 1. The topological polar surface area (TPSA) is 41.5 Å². The van der Waals surface area contributed by atoms with Crippen molar-refractivity contribution < 1.29 is 4.79 Å². The van der Waals surface area contributed by atoms with Crippen molar-refractivity contribution >= 4 is 43.5 Å². The molecule has 0 heterocycles. The Balaban J connectivity index is 2.03. The van der Waals surface area contributed by atoms with E-state index < -0.39 is 0 Å². The third-order valence-corrected chi connectivity index (χ3v) is 5.41. The summed E-state index contributed by atoms with van der Waals surface area (Å²) >= 11 is 6.90. The van der Waals surface area contributed by atoms with Crippen molar-refractivity contribution in [1.82, 2.24) is 5.43 Å². The maximum absolute atomic E-state index is 12.1. The number of hydrogen-bond acceptors (Lipinski definition) is 2. The normalized spacial score (nSPS) is 11.4. The van der Waals surface area contributed by atoms with Crippen LogP contribution in [0.2, 0.25) is 0 Å². The van der Waals surface area contributed by atoms with E-state index in [1.807, 2.05) is 51.1 Å². The fourth-order valence-electron chi connectivity index (χ4n) is 2.19. The molecule has 120 valence electrons. The van der Waals surface area contributed by atoms with Gasteiger partial charge in [-0.1, -0.05) is 29.8 Å². The van der Waals surface area contributed by atoms with E-state index in [1.165, 1.54) is 5.56 Å². The lowest BCUT2D eigenvalue weighted by molar-refractivity contribution is -0.120. The lowest BCUT2D eigenvalue weighted by atomic mass is 10.0. The van der Waals surface area contributed by atoms with Gasteiger partial charge in [0.15, 0.2) is 0 Å². The minimum absolute atomic E-state index is 0.118. The van der Waals surface area contributed by atoms with Gasteiger partial charge in [0.1, 0.15) is 0 Å². The van der Waals surface area contributed by atoms with Gasteiger partial charge in [-0.05, 0) is 81.5 Å². The summed E-state index contributed by atoms with van der Waals surface area (Å²) in [5.41, 5.74) is 7.67. The van der Waals surface area contributed by atoms with Gasteiger partial charge < -0.3 is 0 Å². The Morgan fingerprint density at radius 3 is 2.48 bits per heavy atom. The number of carbonyl (C=O) groups excluding carboxylic acids is 1. The van der Waals surface area contributed by atoms with Gasteiger partial charge in [-0.25, -0.2) is 5.43 Å². The lowest BCUT2D eigenvalue weighted by Crippen LogP contribution is -2.21. The Hall–Kier alpha value is -1.46. The fourth-order valence-corrected chi connectivity index (χ4v) is 2.81. The number of nitrogens with one attached hydrogen (secondary N) is 1. The SMILES string of the molecule is C/C(=N/NC(=O)Cc1ccc(C)cc1C)c1ccc(Br)c(Br)c1. The Bertz CT molecular complexity index is 770. The number of carbonyl (C=O) groups is 1. The van der Waals surface area contributed by atoms with E-state index >= 15 is 0 Å². The summed E-state index contributed by atoms with van der Waals surface area (Å²) in [6, 6.07) is 11.9. The molecule has 2 rings (SSSR count). The molecular formula is C18H18Br2N2O. The molecule has 0 bridgehead atoms. The predicted molar refractivity (Wildman–Crippen MR) is 102 cm³/mol. The van der Waals surface area contributed by atoms with Crippen LogP contribution in [0.15, 0.2) is 50.4 Å². The number of hydrogen-bond donors (Lipinski definition) is 1. The molecular weight excluding hydrogens is 420 g/mol. The lowest BCUT2D eigenvalue weighted by Gasteiger charge is -2.07. The number of rotatable bonds is 4. The molecule has 0 aliphatic rings. The summed E-state index contributed by atoms with van der Waals surface area (Å²) in [5, 5.41) is 4.19. The van der Waals surface area contributed by atoms with Crippen molar-refractivity contribution in [3.63, 3.8) is 0 Å². The highest BCUT2D eigenvalue weighted by Crippen LogP contribution is 2.24. The van der Waals surface area contributed by atoms with E-state index in [-0.39, 0.29) is 5.91 Å². The van der Waals surface area contributed by atoms with Crippen LogP contribution in [-0.4, -0.2) is 11.6 Å². The second-order valence-corrected chi connectivity index (χ2v) is 7.18. The highest BCUT2D eigenvalue weighted by molar-refractivity contribution is 9.13. The number of aryl methyl sites for hydroxylation is 2. The van der Waals surface area contributed by atoms with Gasteiger partial charge in [-0.3, -0.25) is 4.79 Å². The number of hydrazone groups is 1. The first-order valence-electron chi connectivity index (χ1n) is 7.21. The van der Waals surface area contributed by atoms with E-state index in [0.29, 0.717) is 6.42 Å². The molecule has 0 radical (unpaired) electrons. The molecule has 23 heavy (non-hydrogen) atoms. The Kier molecular flexibility index (Phi) is 6.13. The summed E-state index contributed by atoms with van der Waals surface area (Å²) in [4.78, 5) is 12.1. The molecule has 0 saturated heterocycles. The van der Waals surface area contributed by atoms with Gasteiger partial charge in [0.05, 0.1) is 12.1 Å². The molecule has 1 N–H and O–H groups in total. The standard InChI is InChI=1S/C18H18Br2N2O/c1-11-4-5-14(12(2)8-11)10-18(23)22-21-13(3)15-6-7-16(19)17(20)9-15/h4-9H,10H2,1-3H3,(H,22,23)/b21-13-. The van der Waals surface area contributed by atoms with Crippen molar-refractivity contribution in [2.24, 2.45) is 5.10 Å². The third kappa shape index (κ3) is 5.01. The van der Waals surface area contributed by atoms with Gasteiger partial charge in [-0.15, -0.1) is 0 Å². The van der Waals surface area contributed by atoms with Gasteiger partial charge in [0.2, 0.25) is 5.91 Å². The van der Waals surface area contributed by atoms with Crippen LogP contribution in [0.3, 0.4) is 0 Å². The molecule has 0 aromatic heterocycles. The average molecular weight is 438 g/mol. The number of amides is 1. The van der Waals surface area contributed by atoms with E-state index in [1.54, 1.807) is 0 Å². The predicted octanol–water partition coefficient (Wildman–Crippen LogP) is 4.91. The molecule has 2 aromatic carbocycles. The van der Waals surface area contributed by atoms with Gasteiger partial charge in [0.25, 0.3) is 0 Å². The van der Waals surface area contributed by atoms with Crippen LogP contribution in [-0.2, 0) is 11.2 Å². The molecule has 1 amide bonds.